The number of urea groups is 1. The Hall–Kier alpha value is -2.91. The molecule has 3 amide bonds. The van der Waals surface area contributed by atoms with Crippen LogP contribution in [0.1, 0.15) is 45.0 Å². The molecule has 0 bridgehead atoms. The fraction of sp³-hybridized carbons (Fsp3) is 0.333. The maximum Gasteiger partial charge on any atom is 0.319 e. The third-order valence-electron chi connectivity index (χ3n) is 3.71. The van der Waals surface area contributed by atoms with E-state index in [4.69, 9.17) is 0 Å². The van der Waals surface area contributed by atoms with Crippen LogP contribution < -0.4 is 20.7 Å². The van der Waals surface area contributed by atoms with Gasteiger partial charge in [0.1, 0.15) is 0 Å². The Labute approximate surface area is 177 Å². The van der Waals surface area contributed by atoms with Gasteiger partial charge >= 0.3 is 6.03 Å². The molecule has 0 aliphatic carbocycles. The van der Waals surface area contributed by atoms with Crippen molar-refractivity contribution in [3.8, 4) is 0 Å². The molecule has 0 heterocycles. The highest BCUT2D eigenvalue weighted by atomic mass is 32.2. The third kappa shape index (κ3) is 6.85. The average molecular weight is 433 g/mol. The van der Waals surface area contributed by atoms with E-state index in [0.29, 0.717) is 11.4 Å². The van der Waals surface area contributed by atoms with Gasteiger partial charge in [0, 0.05) is 17.1 Å². The van der Waals surface area contributed by atoms with Crippen LogP contribution in [0.4, 0.5) is 16.2 Å². The molecule has 0 saturated carbocycles. The number of hydrogen-bond acceptors (Lipinski definition) is 4. The molecule has 2 aromatic rings. The van der Waals surface area contributed by atoms with Crippen molar-refractivity contribution in [2.24, 2.45) is 0 Å². The summed E-state index contributed by atoms with van der Waals surface area (Å²) in [4.78, 5) is 24.6. The van der Waals surface area contributed by atoms with Crippen molar-refractivity contribution in [3.05, 3.63) is 54.1 Å². The Morgan fingerprint density at radius 2 is 1.40 bits per heavy atom. The maximum atomic E-state index is 12.6. The molecule has 9 heteroatoms. The minimum absolute atomic E-state index is 0.0330. The first kappa shape index (κ1) is 23.4. The van der Waals surface area contributed by atoms with Crippen molar-refractivity contribution in [1.82, 2.24) is 10.0 Å². The molecule has 0 aliphatic rings. The number of nitrogens with one attached hydrogen (secondary N) is 4. The topological polar surface area (TPSA) is 116 Å². The van der Waals surface area contributed by atoms with E-state index >= 15 is 0 Å². The fourth-order valence-electron chi connectivity index (χ4n) is 2.56. The molecular formula is C21H28N4O4S. The van der Waals surface area contributed by atoms with Crippen molar-refractivity contribution < 1.29 is 18.0 Å². The van der Waals surface area contributed by atoms with E-state index in [1.165, 1.54) is 24.3 Å². The zero-order chi connectivity index (χ0) is 22.5. The summed E-state index contributed by atoms with van der Waals surface area (Å²) in [6.07, 6.45) is 0. The van der Waals surface area contributed by atoms with Crippen molar-refractivity contribution in [2.75, 3.05) is 10.6 Å². The first-order valence-corrected chi connectivity index (χ1v) is 11.0. The molecule has 0 saturated heterocycles. The highest BCUT2D eigenvalue weighted by Gasteiger charge is 2.22. The molecule has 0 fully saturated rings. The van der Waals surface area contributed by atoms with E-state index in [2.05, 4.69) is 20.7 Å². The Kier molecular flexibility index (Phi) is 7.22. The summed E-state index contributed by atoms with van der Waals surface area (Å²) in [5, 5.41) is 8.15. The van der Waals surface area contributed by atoms with Crippen LogP contribution in [0.5, 0.6) is 0 Å². The molecule has 2 rings (SSSR count). The number of rotatable bonds is 6. The number of anilines is 2. The number of hydrogen-bond donors (Lipinski definition) is 4. The molecular weight excluding hydrogens is 404 g/mol. The zero-order valence-corrected chi connectivity index (χ0v) is 18.6. The van der Waals surface area contributed by atoms with Gasteiger partial charge in [-0.3, -0.25) is 4.79 Å². The second-order valence-electron chi connectivity index (χ2n) is 8.13. The van der Waals surface area contributed by atoms with Crippen molar-refractivity contribution >= 4 is 33.3 Å². The summed E-state index contributed by atoms with van der Waals surface area (Å²) < 4.78 is 27.3. The number of carbonyl (C=O) groups is 2. The lowest BCUT2D eigenvalue weighted by atomic mass is 10.1. The lowest BCUT2D eigenvalue weighted by Crippen LogP contribution is -2.40. The minimum atomic E-state index is -3.69. The summed E-state index contributed by atoms with van der Waals surface area (Å²) >= 11 is 0. The lowest BCUT2D eigenvalue weighted by Gasteiger charge is -2.20. The van der Waals surface area contributed by atoms with Crippen molar-refractivity contribution in [1.29, 1.82) is 0 Å². The van der Waals surface area contributed by atoms with Gasteiger partial charge in [0.15, 0.2) is 0 Å². The van der Waals surface area contributed by atoms with E-state index in [1.54, 1.807) is 45.0 Å². The monoisotopic (exact) mass is 432 g/mol. The van der Waals surface area contributed by atoms with Gasteiger partial charge in [0.25, 0.3) is 5.91 Å². The molecule has 4 N–H and O–H groups in total. The lowest BCUT2D eigenvalue weighted by molar-refractivity contribution is 0.102. The minimum Gasteiger partial charge on any atom is -0.336 e. The molecule has 162 valence electrons. The summed E-state index contributed by atoms with van der Waals surface area (Å²) in [6, 6.07) is 12.0. The largest absolute Gasteiger partial charge is 0.336 e. The number of benzene rings is 2. The Morgan fingerprint density at radius 1 is 0.867 bits per heavy atom. The van der Waals surface area contributed by atoms with Crippen LogP contribution in [0.15, 0.2) is 53.4 Å². The molecule has 0 radical (unpaired) electrons. The Bertz CT molecular complexity index is 1010. The molecule has 0 spiro atoms. The van der Waals surface area contributed by atoms with Crippen LogP contribution in [0.25, 0.3) is 0 Å². The van der Waals surface area contributed by atoms with Gasteiger partial charge in [-0.15, -0.1) is 0 Å². The third-order valence-corrected chi connectivity index (χ3v) is 5.48. The van der Waals surface area contributed by atoms with E-state index in [-0.39, 0.29) is 22.5 Å². The number of para-hydroxylation sites is 2. The summed E-state index contributed by atoms with van der Waals surface area (Å²) in [6.45, 7) is 8.93. The highest BCUT2D eigenvalue weighted by molar-refractivity contribution is 7.89. The first-order chi connectivity index (χ1) is 13.9. The number of sulfonamides is 1. The van der Waals surface area contributed by atoms with Crippen molar-refractivity contribution in [3.63, 3.8) is 0 Å². The van der Waals surface area contributed by atoms with Crippen LogP contribution >= 0.6 is 0 Å². The second kappa shape index (κ2) is 9.27. The first-order valence-electron chi connectivity index (χ1n) is 9.49. The van der Waals surface area contributed by atoms with Crippen LogP contribution in [-0.4, -0.2) is 31.9 Å². The quantitative estimate of drug-likeness (QED) is 0.558. The smallest absolute Gasteiger partial charge is 0.319 e. The fourth-order valence-corrected chi connectivity index (χ4v) is 3.98. The van der Waals surface area contributed by atoms with Crippen LogP contribution in [0, 0.1) is 0 Å². The van der Waals surface area contributed by atoms with Gasteiger partial charge in [0.05, 0.1) is 16.3 Å². The SMILES string of the molecule is CC(C)NC(=O)Nc1ccccc1NC(=O)c1ccc(S(=O)(=O)NC(C)(C)C)cc1. The zero-order valence-electron chi connectivity index (χ0n) is 17.7. The molecule has 8 nitrogen and oxygen atoms in total. The molecule has 0 atom stereocenters. The average Bonchev–Trinajstić information content (AvgIpc) is 2.60. The van der Waals surface area contributed by atoms with E-state index < -0.39 is 21.5 Å². The molecule has 0 aliphatic heterocycles. The van der Waals surface area contributed by atoms with Gasteiger partial charge in [-0.25, -0.2) is 17.9 Å². The number of amides is 3. The van der Waals surface area contributed by atoms with Gasteiger partial charge in [0.2, 0.25) is 10.0 Å². The van der Waals surface area contributed by atoms with E-state index in [9.17, 15) is 18.0 Å². The van der Waals surface area contributed by atoms with E-state index in [1.807, 2.05) is 13.8 Å². The van der Waals surface area contributed by atoms with Crippen molar-refractivity contribution in [2.45, 2.75) is 51.1 Å². The summed E-state index contributed by atoms with van der Waals surface area (Å²) in [7, 11) is -3.69. The Morgan fingerprint density at radius 3 is 1.90 bits per heavy atom. The predicted octanol–water partition coefficient (Wildman–Crippen LogP) is 3.55. The second-order valence-corrected chi connectivity index (χ2v) is 9.82. The van der Waals surface area contributed by atoms with Crippen LogP contribution in [-0.2, 0) is 10.0 Å². The van der Waals surface area contributed by atoms with Crippen LogP contribution in [0.2, 0.25) is 0 Å². The van der Waals surface area contributed by atoms with Gasteiger partial charge < -0.3 is 16.0 Å². The standard InChI is InChI=1S/C21H28N4O4S/c1-14(2)22-20(27)24-18-9-7-6-8-17(18)23-19(26)15-10-12-16(13-11-15)30(28,29)25-21(3,4)5/h6-14,25H,1-5H3,(H,23,26)(H2,22,24,27). The van der Waals surface area contributed by atoms with Gasteiger partial charge in [-0.1, -0.05) is 12.1 Å². The molecule has 2 aromatic carbocycles. The van der Waals surface area contributed by atoms with E-state index in [0.717, 1.165) is 0 Å². The summed E-state index contributed by atoms with van der Waals surface area (Å²) in [5.41, 5.74) is 0.532. The maximum absolute atomic E-state index is 12.6. The van der Waals surface area contributed by atoms with Gasteiger partial charge in [-0.05, 0) is 71.0 Å². The molecule has 30 heavy (non-hydrogen) atoms. The van der Waals surface area contributed by atoms with Crippen LogP contribution in [0.3, 0.4) is 0 Å². The molecule has 0 unspecified atom stereocenters. The Balaban J connectivity index is 2.15. The molecule has 0 aromatic heterocycles. The number of carbonyl (C=O) groups excluding carboxylic acids is 2. The predicted molar refractivity (Wildman–Crippen MR) is 118 cm³/mol. The summed E-state index contributed by atoms with van der Waals surface area (Å²) in [5.74, 6) is -0.429. The normalized spacial score (nSPS) is 11.8. The highest BCUT2D eigenvalue weighted by Crippen LogP contribution is 2.22. The van der Waals surface area contributed by atoms with Gasteiger partial charge in [-0.2, -0.15) is 0 Å².